The second kappa shape index (κ2) is 9.91. The molecule has 2 aromatic carbocycles. The number of pyridine rings is 2. The lowest BCUT2D eigenvalue weighted by molar-refractivity contribution is 0.174. The van der Waals surface area contributed by atoms with E-state index in [9.17, 15) is 0 Å². The Morgan fingerprint density at radius 1 is 0.600 bits per heavy atom. The first-order valence-electron chi connectivity index (χ1n) is 10.8. The molecule has 1 aliphatic rings. The first kappa shape index (κ1) is 21.9. The van der Waals surface area contributed by atoms with E-state index in [1.54, 1.807) is 26.6 Å². The van der Waals surface area contributed by atoms with Crippen molar-refractivity contribution in [2.24, 2.45) is 0 Å². The van der Waals surface area contributed by atoms with Gasteiger partial charge in [-0.1, -0.05) is 23.7 Å². The Labute approximate surface area is 203 Å². The number of methoxy groups -OCH3 is 2. The molecule has 0 atom stereocenters. The fourth-order valence-electron chi connectivity index (χ4n) is 3.38. The summed E-state index contributed by atoms with van der Waals surface area (Å²) in [7, 11) is 3.22. The summed E-state index contributed by atoms with van der Waals surface area (Å²) in [6, 6.07) is 18.8. The van der Waals surface area contributed by atoms with E-state index >= 15 is 0 Å². The van der Waals surface area contributed by atoms with Crippen molar-refractivity contribution >= 4 is 0 Å². The van der Waals surface area contributed by atoms with Gasteiger partial charge < -0.3 is 18.9 Å². The average molecular weight is 460 g/mol. The van der Waals surface area contributed by atoms with Crippen molar-refractivity contribution in [2.75, 3.05) is 21.0 Å². The van der Waals surface area contributed by atoms with Gasteiger partial charge in [0.2, 0.25) is 6.79 Å². The van der Waals surface area contributed by atoms with Crippen molar-refractivity contribution < 1.29 is 18.9 Å². The summed E-state index contributed by atoms with van der Waals surface area (Å²) in [4.78, 5) is 9.02. The van der Waals surface area contributed by atoms with E-state index in [-0.39, 0.29) is 6.79 Å². The number of ether oxygens (including phenoxy) is 4. The minimum atomic E-state index is 0.247. The van der Waals surface area contributed by atoms with Crippen LogP contribution in [0.3, 0.4) is 0 Å². The van der Waals surface area contributed by atoms with E-state index in [1.807, 2.05) is 60.7 Å². The molecule has 0 bridgehead atoms. The van der Waals surface area contributed by atoms with E-state index in [0.717, 1.165) is 39.4 Å². The van der Waals surface area contributed by atoms with E-state index in [4.69, 9.17) is 18.9 Å². The van der Waals surface area contributed by atoms with Gasteiger partial charge in [-0.15, -0.1) is 0 Å². The number of hydrogen-bond donors (Lipinski definition) is 0. The quantitative estimate of drug-likeness (QED) is 0.414. The second-order valence-electron chi connectivity index (χ2n) is 7.53. The van der Waals surface area contributed by atoms with Crippen molar-refractivity contribution in [2.45, 2.75) is 0 Å². The Morgan fingerprint density at radius 2 is 1.14 bits per heavy atom. The van der Waals surface area contributed by atoms with E-state index in [1.165, 1.54) is 0 Å². The number of aromatic nitrogens is 2. The summed E-state index contributed by atoms with van der Waals surface area (Å²) < 4.78 is 21.3. The third kappa shape index (κ3) is 5.19. The second-order valence-corrected chi connectivity index (χ2v) is 7.53. The first-order chi connectivity index (χ1) is 17.2. The van der Waals surface area contributed by atoms with Crippen LogP contribution in [0.2, 0.25) is 0 Å². The van der Waals surface area contributed by atoms with Crippen molar-refractivity contribution in [1.29, 1.82) is 0 Å². The zero-order valence-electron chi connectivity index (χ0n) is 19.2. The molecule has 0 spiro atoms. The lowest BCUT2D eigenvalue weighted by Gasteiger charge is -2.04. The molecule has 0 amide bonds. The minimum absolute atomic E-state index is 0.247. The summed E-state index contributed by atoms with van der Waals surface area (Å²) in [5.74, 6) is 15.3. The molecule has 35 heavy (non-hydrogen) atoms. The summed E-state index contributed by atoms with van der Waals surface area (Å²) in [6.45, 7) is 0.247. The predicted octanol–water partition coefficient (Wildman–Crippen LogP) is 4.69. The highest BCUT2D eigenvalue weighted by Gasteiger charge is 2.12. The smallest absolute Gasteiger partial charge is 0.231 e. The highest BCUT2D eigenvalue weighted by Crippen LogP contribution is 2.32. The molecule has 5 rings (SSSR count). The van der Waals surface area contributed by atoms with Crippen LogP contribution < -0.4 is 18.9 Å². The molecule has 2 aromatic heterocycles. The van der Waals surface area contributed by atoms with Crippen LogP contribution in [0.4, 0.5) is 0 Å². The highest BCUT2D eigenvalue weighted by atomic mass is 16.7. The molecule has 6 heteroatoms. The van der Waals surface area contributed by atoms with Crippen LogP contribution in [0.5, 0.6) is 23.0 Å². The van der Waals surface area contributed by atoms with Gasteiger partial charge in [0, 0.05) is 40.7 Å². The molecular weight excluding hydrogens is 440 g/mol. The maximum Gasteiger partial charge on any atom is 0.231 e. The summed E-state index contributed by atoms with van der Waals surface area (Å²) in [6.07, 6.45) is 3.47. The number of benzene rings is 2. The molecule has 0 radical (unpaired) electrons. The van der Waals surface area contributed by atoms with Crippen molar-refractivity contribution in [3.8, 4) is 58.1 Å². The fourth-order valence-corrected chi connectivity index (χ4v) is 3.38. The monoisotopic (exact) mass is 460 g/mol. The number of hydrogen-bond acceptors (Lipinski definition) is 6. The third-order valence-corrected chi connectivity index (χ3v) is 5.22. The summed E-state index contributed by atoms with van der Waals surface area (Å²) in [5.41, 5.74) is 4.77. The molecule has 0 saturated heterocycles. The average Bonchev–Trinajstić information content (AvgIpc) is 3.39. The van der Waals surface area contributed by atoms with Gasteiger partial charge in [0.15, 0.2) is 11.5 Å². The standard InChI is InChI=1S/C29H20N2O4/c1-32-24-13-23(14-25(16-24)33-2)6-5-22-8-11-27(31-18-22)26-10-7-21(17-30-26)4-3-20-9-12-28-29(15-20)35-19-34-28/h7-18H,19H2,1-2H3. The Kier molecular flexibility index (Phi) is 6.19. The lowest BCUT2D eigenvalue weighted by Crippen LogP contribution is -1.92. The van der Waals surface area contributed by atoms with Crippen molar-refractivity contribution in [3.63, 3.8) is 0 Å². The molecule has 6 nitrogen and oxygen atoms in total. The first-order valence-corrected chi connectivity index (χ1v) is 10.8. The van der Waals surface area contributed by atoms with Gasteiger partial charge in [0.25, 0.3) is 0 Å². The van der Waals surface area contributed by atoms with Gasteiger partial charge in [-0.3, -0.25) is 9.97 Å². The number of rotatable bonds is 3. The van der Waals surface area contributed by atoms with Crippen LogP contribution in [0.15, 0.2) is 73.1 Å². The Balaban J connectivity index is 1.28. The van der Waals surface area contributed by atoms with Gasteiger partial charge in [-0.2, -0.15) is 0 Å². The van der Waals surface area contributed by atoms with Gasteiger partial charge in [-0.25, -0.2) is 0 Å². The Bertz CT molecular complexity index is 1470. The molecular formula is C29H20N2O4. The molecule has 0 unspecified atom stereocenters. The van der Waals surface area contributed by atoms with Gasteiger partial charge in [0.1, 0.15) is 11.5 Å². The summed E-state index contributed by atoms with van der Waals surface area (Å²) >= 11 is 0. The topological polar surface area (TPSA) is 62.7 Å². The van der Waals surface area contributed by atoms with Crippen LogP contribution in [0.25, 0.3) is 11.4 Å². The van der Waals surface area contributed by atoms with E-state index < -0.39 is 0 Å². The molecule has 0 saturated carbocycles. The zero-order chi connectivity index (χ0) is 24.0. The molecule has 0 fully saturated rings. The van der Waals surface area contributed by atoms with Crippen LogP contribution in [-0.2, 0) is 0 Å². The zero-order valence-corrected chi connectivity index (χ0v) is 19.2. The molecule has 0 aliphatic carbocycles. The Hall–Kier alpha value is -4.94. The Morgan fingerprint density at radius 3 is 1.71 bits per heavy atom. The van der Waals surface area contributed by atoms with E-state index in [0.29, 0.717) is 17.2 Å². The molecule has 170 valence electrons. The molecule has 0 N–H and O–H groups in total. The minimum Gasteiger partial charge on any atom is -0.497 e. The fraction of sp³-hybridized carbons (Fsp3) is 0.103. The number of nitrogens with zero attached hydrogens (tertiary/aromatic N) is 2. The van der Waals surface area contributed by atoms with Gasteiger partial charge >= 0.3 is 0 Å². The van der Waals surface area contributed by atoms with Crippen molar-refractivity contribution in [1.82, 2.24) is 9.97 Å². The lowest BCUT2D eigenvalue weighted by atomic mass is 10.1. The van der Waals surface area contributed by atoms with Crippen molar-refractivity contribution in [3.05, 3.63) is 95.3 Å². The van der Waals surface area contributed by atoms with E-state index in [2.05, 4.69) is 33.6 Å². The highest BCUT2D eigenvalue weighted by molar-refractivity contribution is 5.57. The van der Waals surface area contributed by atoms with Crippen LogP contribution in [-0.4, -0.2) is 31.0 Å². The largest absolute Gasteiger partial charge is 0.497 e. The van der Waals surface area contributed by atoms with Crippen LogP contribution in [0.1, 0.15) is 22.3 Å². The predicted molar refractivity (Wildman–Crippen MR) is 132 cm³/mol. The van der Waals surface area contributed by atoms with Crippen LogP contribution >= 0.6 is 0 Å². The molecule has 3 heterocycles. The normalized spacial score (nSPS) is 11.0. The van der Waals surface area contributed by atoms with Gasteiger partial charge in [0.05, 0.1) is 25.6 Å². The molecule has 4 aromatic rings. The maximum absolute atomic E-state index is 5.39. The van der Waals surface area contributed by atoms with Gasteiger partial charge in [-0.05, 0) is 54.6 Å². The molecule has 1 aliphatic heterocycles. The van der Waals surface area contributed by atoms with Crippen LogP contribution in [0, 0.1) is 23.7 Å². The number of fused-ring (bicyclic) bond motifs is 1. The summed E-state index contributed by atoms with van der Waals surface area (Å²) in [5, 5.41) is 0. The third-order valence-electron chi connectivity index (χ3n) is 5.22. The maximum atomic E-state index is 5.39. The SMILES string of the molecule is COc1cc(C#Cc2ccc(-c3ccc(C#Cc4ccc5c(c4)OCO5)cn3)nc2)cc(OC)c1.